The predicted octanol–water partition coefficient (Wildman–Crippen LogP) is 3.90. The van der Waals surface area contributed by atoms with Gasteiger partial charge in [-0.15, -0.1) is 0 Å². The van der Waals surface area contributed by atoms with Gasteiger partial charge in [0.2, 0.25) is 0 Å². The molecule has 2 heteroatoms. The lowest BCUT2D eigenvalue weighted by Gasteiger charge is -2.33. The number of nitrogens with zero attached hydrogens (tertiary/aromatic N) is 1. The SMILES string of the molecule is CCCCc1n[nH]c2c1CC(C(C)(C)C)CC2. The van der Waals surface area contributed by atoms with Gasteiger partial charge in [0, 0.05) is 5.69 Å². The van der Waals surface area contributed by atoms with E-state index in [1.807, 2.05) is 0 Å². The number of fused-ring (bicyclic) bond motifs is 1. The van der Waals surface area contributed by atoms with Gasteiger partial charge in [0.1, 0.15) is 0 Å². The van der Waals surface area contributed by atoms with E-state index < -0.39 is 0 Å². The lowest BCUT2D eigenvalue weighted by Crippen LogP contribution is -2.27. The van der Waals surface area contributed by atoms with E-state index >= 15 is 0 Å². The Morgan fingerprint density at radius 2 is 2.12 bits per heavy atom. The monoisotopic (exact) mass is 234 g/mol. The number of unbranched alkanes of at least 4 members (excludes halogenated alkanes) is 1. The Balaban J connectivity index is 2.14. The summed E-state index contributed by atoms with van der Waals surface area (Å²) in [6.07, 6.45) is 7.40. The Morgan fingerprint density at radius 1 is 1.35 bits per heavy atom. The molecule has 0 spiro atoms. The molecule has 0 aliphatic heterocycles. The summed E-state index contributed by atoms with van der Waals surface area (Å²) in [6.45, 7) is 9.36. The number of aromatic amines is 1. The van der Waals surface area contributed by atoms with Gasteiger partial charge < -0.3 is 0 Å². The number of aromatic nitrogens is 2. The molecule has 0 aromatic carbocycles. The second-order valence-corrected chi connectivity index (χ2v) is 6.54. The van der Waals surface area contributed by atoms with Crippen LogP contribution in [-0.4, -0.2) is 10.2 Å². The zero-order chi connectivity index (χ0) is 12.5. The molecule has 1 aliphatic rings. The average molecular weight is 234 g/mol. The molecule has 0 fully saturated rings. The fourth-order valence-electron chi connectivity index (χ4n) is 2.85. The minimum Gasteiger partial charge on any atom is -0.282 e. The first-order chi connectivity index (χ1) is 8.02. The molecule has 0 saturated carbocycles. The molecule has 0 radical (unpaired) electrons. The molecule has 17 heavy (non-hydrogen) atoms. The Hall–Kier alpha value is -0.790. The third kappa shape index (κ3) is 2.72. The number of aryl methyl sites for hydroxylation is 2. The number of hydrogen-bond acceptors (Lipinski definition) is 1. The minimum absolute atomic E-state index is 0.428. The molecular formula is C15H26N2. The third-order valence-electron chi connectivity index (χ3n) is 4.22. The molecule has 1 unspecified atom stereocenters. The van der Waals surface area contributed by atoms with Gasteiger partial charge in [0.25, 0.3) is 0 Å². The molecule has 1 aromatic heterocycles. The summed E-state index contributed by atoms with van der Waals surface area (Å²) in [6, 6.07) is 0. The predicted molar refractivity (Wildman–Crippen MR) is 72.2 cm³/mol. The largest absolute Gasteiger partial charge is 0.282 e. The maximum atomic E-state index is 4.53. The quantitative estimate of drug-likeness (QED) is 0.844. The summed E-state index contributed by atoms with van der Waals surface area (Å²) in [5, 5.41) is 7.78. The smallest absolute Gasteiger partial charge is 0.0657 e. The number of nitrogens with one attached hydrogen (secondary N) is 1. The van der Waals surface area contributed by atoms with Crippen molar-refractivity contribution < 1.29 is 0 Å². The van der Waals surface area contributed by atoms with Crippen molar-refractivity contribution in [2.45, 2.75) is 66.2 Å². The van der Waals surface area contributed by atoms with Crippen LogP contribution in [0.15, 0.2) is 0 Å². The number of hydrogen-bond donors (Lipinski definition) is 1. The van der Waals surface area contributed by atoms with E-state index in [1.54, 1.807) is 5.56 Å². The van der Waals surface area contributed by atoms with E-state index in [0.29, 0.717) is 5.41 Å². The van der Waals surface area contributed by atoms with E-state index in [-0.39, 0.29) is 0 Å². The average Bonchev–Trinajstić information content (AvgIpc) is 2.67. The third-order valence-corrected chi connectivity index (χ3v) is 4.22. The molecule has 1 aliphatic carbocycles. The van der Waals surface area contributed by atoms with Crippen molar-refractivity contribution in [2.24, 2.45) is 11.3 Å². The molecule has 0 saturated heterocycles. The normalized spacial score (nSPS) is 20.4. The first kappa shape index (κ1) is 12.7. The molecule has 96 valence electrons. The minimum atomic E-state index is 0.428. The second kappa shape index (κ2) is 4.83. The van der Waals surface area contributed by atoms with Gasteiger partial charge in [-0.3, -0.25) is 5.10 Å². The van der Waals surface area contributed by atoms with Crippen LogP contribution in [0.3, 0.4) is 0 Å². The van der Waals surface area contributed by atoms with Gasteiger partial charge in [-0.05, 0) is 49.0 Å². The lowest BCUT2D eigenvalue weighted by molar-refractivity contribution is 0.215. The summed E-state index contributed by atoms with van der Waals surface area (Å²) in [5.41, 5.74) is 4.73. The molecule has 1 N–H and O–H groups in total. The van der Waals surface area contributed by atoms with Crippen LogP contribution in [0.5, 0.6) is 0 Å². The van der Waals surface area contributed by atoms with Crippen LogP contribution >= 0.6 is 0 Å². The molecule has 1 aromatic rings. The topological polar surface area (TPSA) is 28.7 Å². The van der Waals surface area contributed by atoms with Crippen LogP contribution in [-0.2, 0) is 19.3 Å². The zero-order valence-corrected chi connectivity index (χ0v) is 11.8. The van der Waals surface area contributed by atoms with Crippen molar-refractivity contribution in [3.05, 3.63) is 17.0 Å². The standard InChI is InChI=1S/C15H26N2/c1-5-6-7-13-12-10-11(15(2,3)4)8-9-14(12)17-16-13/h11H,5-10H2,1-4H3,(H,16,17). The molecular weight excluding hydrogens is 208 g/mol. The van der Waals surface area contributed by atoms with Crippen LogP contribution < -0.4 is 0 Å². The Morgan fingerprint density at radius 3 is 2.76 bits per heavy atom. The van der Waals surface area contributed by atoms with Crippen molar-refractivity contribution in [1.82, 2.24) is 10.2 Å². The molecule has 2 nitrogen and oxygen atoms in total. The highest BCUT2D eigenvalue weighted by atomic mass is 15.1. The summed E-state index contributed by atoms with van der Waals surface area (Å²) in [7, 11) is 0. The van der Waals surface area contributed by atoms with Crippen LogP contribution in [0.2, 0.25) is 0 Å². The van der Waals surface area contributed by atoms with Crippen LogP contribution in [0, 0.1) is 11.3 Å². The van der Waals surface area contributed by atoms with Crippen molar-refractivity contribution in [1.29, 1.82) is 0 Å². The summed E-state index contributed by atoms with van der Waals surface area (Å²) >= 11 is 0. The van der Waals surface area contributed by atoms with Crippen LogP contribution in [0.4, 0.5) is 0 Å². The molecule has 0 bridgehead atoms. The van der Waals surface area contributed by atoms with E-state index in [1.165, 1.54) is 43.5 Å². The summed E-state index contributed by atoms with van der Waals surface area (Å²) in [4.78, 5) is 0. The highest BCUT2D eigenvalue weighted by Gasteiger charge is 2.30. The van der Waals surface area contributed by atoms with Crippen molar-refractivity contribution in [2.75, 3.05) is 0 Å². The van der Waals surface area contributed by atoms with E-state index in [2.05, 4.69) is 37.9 Å². The molecule has 2 rings (SSSR count). The summed E-state index contributed by atoms with van der Waals surface area (Å²) in [5.74, 6) is 0.813. The first-order valence-corrected chi connectivity index (χ1v) is 7.07. The van der Waals surface area contributed by atoms with E-state index in [0.717, 1.165) is 12.3 Å². The van der Waals surface area contributed by atoms with Gasteiger partial charge in [0.15, 0.2) is 0 Å². The highest BCUT2D eigenvalue weighted by molar-refractivity contribution is 5.28. The Kier molecular flexibility index (Phi) is 3.60. The van der Waals surface area contributed by atoms with Crippen molar-refractivity contribution >= 4 is 0 Å². The maximum Gasteiger partial charge on any atom is 0.0657 e. The van der Waals surface area contributed by atoms with E-state index in [4.69, 9.17) is 0 Å². The van der Waals surface area contributed by atoms with E-state index in [9.17, 15) is 0 Å². The van der Waals surface area contributed by atoms with Gasteiger partial charge in [-0.2, -0.15) is 5.10 Å². The number of H-pyrrole nitrogens is 1. The fourth-order valence-corrected chi connectivity index (χ4v) is 2.85. The maximum absolute atomic E-state index is 4.53. The molecule has 1 heterocycles. The Bertz CT molecular complexity index is 371. The van der Waals surface area contributed by atoms with Crippen molar-refractivity contribution in [3.8, 4) is 0 Å². The molecule has 0 amide bonds. The van der Waals surface area contributed by atoms with Gasteiger partial charge in [-0.25, -0.2) is 0 Å². The number of rotatable bonds is 3. The fraction of sp³-hybridized carbons (Fsp3) is 0.800. The molecule has 1 atom stereocenters. The van der Waals surface area contributed by atoms with Crippen LogP contribution in [0.25, 0.3) is 0 Å². The highest BCUT2D eigenvalue weighted by Crippen LogP contribution is 2.37. The van der Waals surface area contributed by atoms with Gasteiger partial charge in [0.05, 0.1) is 5.69 Å². The van der Waals surface area contributed by atoms with Crippen molar-refractivity contribution in [3.63, 3.8) is 0 Å². The zero-order valence-electron chi connectivity index (χ0n) is 11.8. The van der Waals surface area contributed by atoms with Gasteiger partial charge in [-0.1, -0.05) is 34.1 Å². The van der Waals surface area contributed by atoms with Crippen LogP contribution in [0.1, 0.15) is 63.9 Å². The summed E-state index contributed by atoms with van der Waals surface area (Å²) < 4.78 is 0. The first-order valence-electron chi connectivity index (χ1n) is 7.07. The lowest BCUT2D eigenvalue weighted by atomic mass is 9.71. The Labute approximate surface area is 105 Å². The second-order valence-electron chi connectivity index (χ2n) is 6.54. The van der Waals surface area contributed by atoms with Gasteiger partial charge >= 0.3 is 0 Å².